The molecule has 3 heteroatoms. The van der Waals surface area contributed by atoms with Crippen LogP contribution in [-0.2, 0) is 4.79 Å². The maximum Gasteiger partial charge on any atom is 0.225 e. The van der Waals surface area contributed by atoms with E-state index in [0.717, 1.165) is 0 Å². The van der Waals surface area contributed by atoms with Gasteiger partial charge in [0.15, 0.2) is 0 Å². The van der Waals surface area contributed by atoms with E-state index in [-0.39, 0.29) is 17.7 Å². The average Bonchev–Trinajstić information content (AvgIpc) is 2.07. The summed E-state index contributed by atoms with van der Waals surface area (Å²) >= 11 is 0. The highest BCUT2D eigenvalue weighted by atomic mass is 16.3. The molecule has 1 heterocycles. The first-order valence-electron chi connectivity index (χ1n) is 4.02. The van der Waals surface area contributed by atoms with Gasteiger partial charge in [0.25, 0.3) is 0 Å². The summed E-state index contributed by atoms with van der Waals surface area (Å²) in [6, 6.07) is 0. The maximum atomic E-state index is 11.0. The van der Waals surface area contributed by atoms with Gasteiger partial charge in [-0.2, -0.15) is 0 Å². The summed E-state index contributed by atoms with van der Waals surface area (Å²) in [7, 11) is 0. The van der Waals surface area contributed by atoms with Crippen LogP contribution in [-0.4, -0.2) is 17.2 Å². The van der Waals surface area contributed by atoms with Gasteiger partial charge in [0.1, 0.15) is 6.23 Å². The minimum absolute atomic E-state index is 0.0313. The Bertz CT molecular complexity index is 167. The van der Waals surface area contributed by atoms with Crippen molar-refractivity contribution in [3.05, 3.63) is 0 Å². The van der Waals surface area contributed by atoms with Crippen LogP contribution in [0.25, 0.3) is 0 Å². The lowest BCUT2D eigenvalue weighted by Crippen LogP contribution is -2.30. The third kappa shape index (κ3) is 1.38. The summed E-state index contributed by atoms with van der Waals surface area (Å²) < 4.78 is 0. The fourth-order valence-electron chi connectivity index (χ4n) is 1.76. The SMILES string of the molecule is CC(C)C1C(O)NC(=O)C1C. The maximum absolute atomic E-state index is 11.0. The highest BCUT2D eigenvalue weighted by Crippen LogP contribution is 2.28. The summed E-state index contributed by atoms with van der Waals surface area (Å²) in [4.78, 5) is 11.0. The van der Waals surface area contributed by atoms with Crippen LogP contribution in [0.2, 0.25) is 0 Å². The molecule has 1 aliphatic rings. The Balaban J connectivity index is 2.71. The van der Waals surface area contributed by atoms with E-state index < -0.39 is 6.23 Å². The van der Waals surface area contributed by atoms with Gasteiger partial charge in [-0.15, -0.1) is 0 Å². The van der Waals surface area contributed by atoms with Crippen molar-refractivity contribution in [2.75, 3.05) is 0 Å². The second-order valence-electron chi connectivity index (χ2n) is 3.56. The van der Waals surface area contributed by atoms with Crippen molar-refractivity contribution in [3.63, 3.8) is 0 Å². The molecule has 2 N–H and O–H groups in total. The van der Waals surface area contributed by atoms with Gasteiger partial charge in [-0.1, -0.05) is 20.8 Å². The minimum Gasteiger partial charge on any atom is -0.373 e. The first kappa shape index (κ1) is 8.53. The fraction of sp³-hybridized carbons (Fsp3) is 0.875. The van der Waals surface area contributed by atoms with E-state index in [1.165, 1.54) is 0 Å². The third-order valence-electron chi connectivity index (χ3n) is 2.42. The molecule has 0 aromatic carbocycles. The zero-order chi connectivity index (χ0) is 8.59. The van der Waals surface area contributed by atoms with Gasteiger partial charge in [-0.3, -0.25) is 4.79 Å². The first-order chi connectivity index (χ1) is 5.04. The van der Waals surface area contributed by atoms with E-state index in [9.17, 15) is 9.90 Å². The molecule has 11 heavy (non-hydrogen) atoms. The predicted molar refractivity (Wildman–Crippen MR) is 41.6 cm³/mol. The number of aliphatic hydroxyl groups is 1. The summed E-state index contributed by atoms with van der Waals surface area (Å²) in [5, 5.41) is 11.9. The molecule has 3 nitrogen and oxygen atoms in total. The number of rotatable bonds is 1. The van der Waals surface area contributed by atoms with Crippen LogP contribution in [0.5, 0.6) is 0 Å². The Morgan fingerprint density at radius 1 is 1.55 bits per heavy atom. The smallest absolute Gasteiger partial charge is 0.225 e. The third-order valence-corrected chi connectivity index (χ3v) is 2.42. The van der Waals surface area contributed by atoms with Crippen molar-refractivity contribution in [1.29, 1.82) is 0 Å². The molecule has 3 atom stereocenters. The molecule has 0 aliphatic carbocycles. The number of nitrogens with one attached hydrogen (secondary N) is 1. The second kappa shape index (κ2) is 2.81. The molecule has 1 rings (SSSR count). The molecule has 0 saturated carbocycles. The average molecular weight is 157 g/mol. The standard InChI is InChI=1S/C8H15NO2/c1-4(2)6-5(3)7(10)9-8(6)11/h4-6,8,11H,1-3H3,(H,9,10). The van der Waals surface area contributed by atoms with E-state index in [4.69, 9.17) is 0 Å². The molecular formula is C8H15NO2. The predicted octanol–water partition coefficient (Wildman–Crippen LogP) is 0.343. The topological polar surface area (TPSA) is 49.3 Å². The zero-order valence-electron chi connectivity index (χ0n) is 7.16. The molecule has 0 radical (unpaired) electrons. The lowest BCUT2D eigenvalue weighted by Gasteiger charge is -2.19. The number of hydrogen-bond acceptors (Lipinski definition) is 2. The van der Waals surface area contributed by atoms with Crippen LogP contribution in [0, 0.1) is 17.8 Å². The van der Waals surface area contributed by atoms with Gasteiger partial charge < -0.3 is 10.4 Å². The summed E-state index contributed by atoms with van der Waals surface area (Å²) in [6.07, 6.45) is -0.641. The summed E-state index contributed by atoms with van der Waals surface area (Å²) in [5.74, 6) is 0.336. The van der Waals surface area contributed by atoms with Crippen molar-refractivity contribution >= 4 is 5.91 Å². The molecule has 0 spiro atoms. The lowest BCUT2D eigenvalue weighted by molar-refractivity contribution is -0.123. The molecule has 3 unspecified atom stereocenters. The summed E-state index contributed by atoms with van der Waals surface area (Å²) in [5.41, 5.74) is 0. The van der Waals surface area contributed by atoms with Crippen molar-refractivity contribution in [2.45, 2.75) is 27.0 Å². The van der Waals surface area contributed by atoms with Crippen molar-refractivity contribution < 1.29 is 9.90 Å². The van der Waals surface area contributed by atoms with Crippen molar-refractivity contribution in [1.82, 2.24) is 5.32 Å². The Morgan fingerprint density at radius 3 is 2.27 bits per heavy atom. The minimum atomic E-state index is -0.641. The van der Waals surface area contributed by atoms with Crippen molar-refractivity contribution in [2.24, 2.45) is 17.8 Å². The van der Waals surface area contributed by atoms with Crippen LogP contribution in [0.1, 0.15) is 20.8 Å². The highest BCUT2D eigenvalue weighted by molar-refractivity contribution is 5.81. The molecule has 64 valence electrons. The second-order valence-corrected chi connectivity index (χ2v) is 3.56. The normalized spacial score (nSPS) is 37.9. The van der Waals surface area contributed by atoms with E-state index in [1.54, 1.807) is 0 Å². The number of hydrogen-bond donors (Lipinski definition) is 2. The zero-order valence-corrected chi connectivity index (χ0v) is 7.16. The Kier molecular flexibility index (Phi) is 2.18. The van der Waals surface area contributed by atoms with Gasteiger partial charge in [-0.05, 0) is 5.92 Å². The van der Waals surface area contributed by atoms with E-state index >= 15 is 0 Å². The number of amides is 1. The molecular weight excluding hydrogens is 142 g/mol. The van der Waals surface area contributed by atoms with Gasteiger partial charge in [0.05, 0.1) is 0 Å². The van der Waals surface area contributed by atoms with Crippen LogP contribution in [0.4, 0.5) is 0 Å². The number of aliphatic hydroxyl groups excluding tert-OH is 1. The molecule has 1 aliphatic heterocycles. The van der Waals surface area contributed by atoms with Gasteiger partial charge in [0.2, 0.25) is 5.91 Å². The Labute approximate surface area is 66.8 Å². The molecule has 0 aromatic heterocycles. The molecule has 1 amide bonds. The van der Waals surface area contributed by atoms with E-state index in [2.05, 4.69) is 5.32 Å². The largest absolute Gasteiger partial charge is 0.373 e. The van der Waals surface area contributed by atoms with Crippen LogP contribution in [0.3, 0.4) is 0 Å². The molecule has 1 saturated heterocycles. The van der Waals surface area contributed by atoms with Gasteiger partial charge >= 0.3 is 0 Å². The van der Waals surface area contributed by atoms with E-state index in [0.29, 0.717) is 5.92 Å². The lowest BCUT2D eigenvalue weighted by atomic mass is 9.86. The quantitative estimate of drug-likeness (QED) is 0.576. The highest BCUT2D eigenvalue weighted by Gasteiger charge is 2.39. The van der Waals surface area contributed by atoms with E-state index in [1.807, 2.05) is 20.8 Å². The van der Waals surface area contributed by atoms with Gasteiger partial charge in [-0.25, -0.2) is 0 Å². The first-order valence-corrected chi connectivity index (χ1v) is 4.02. The van der Waals surface area contributed by atoms with Crippen LogP contribution >= 0.6 is 0 Å². The summed E-state index contributed by atoms with van der Waals surface area (Å²) in [6.45, 7) is 5.89. The fourth-order valence-corrected chi connectivity index (χ4v) is 1.76. The Hall–Kier alpha value is -0.570. The Morgan fingerprint density at radius 2 is 2.09 bits per heavy atom. The van der Waals surface area contributed by atoms with Crippen LogP contribution in [0.15, 0.2) is 0 Å². The number of carbonyl (C=O) groups excluding carboxylic acids is 1. The molecule has 0 aromatic rings. The molecule has 1 fully saturated rings. The van der Waals surface area contributed by atoms with Crippen LogP contribution < -0.4 is 5.32 Å². The monoisotopic (exact) mass is 157 g/mol. The van der Waals surface area contributed by atoms with Crippen molar-refractivity contribution in [3.8, 4) is 0 Å². The molecule has 0 bridgehead atoms. The van der Waals surface area contributed by atoms with Gasteiger partial charge in [0, 0.05) is 11.8 Å². The number of carbonyl (C=O) groups is 1.